The molecule has 0 spiro atoms. The highest BCUT2D eigenvalue weighted by Crippen LogP contribution is 2.14. The fraction of sp³-hybridized carbons (Fsp3) is 0.800. The summed E-state index contributed by atoms with van der Waals surface area (Å²) in [5, 5.41) is 0. The molecule has 0 atom stereocenters. The number of hydrogen-bond donors (Lipinski definition) is 0. The Kier molecular flexibility index (Phi) is 4.74. The van der Waals surface area contributed by atoms with Crippen molar-refractivity contribution in [3.05, 3.63) is 11.6 Å². The van der Waals surface area contributed by atoms with Crippen molar-refractivity contribution in [1.82, 2.24) is 0 Å². The number of rotatable bonds is 4. The zero-order valence-corrected chi connectivity index (χ0v) is 9.70. The third-order valence-corrected chi connectivity index (χ3v) is 3.34. The van der Waals surface area contributed by atoms with Gasteiger partial charge in [0.1, 0.15) is 0 Å². The molecule has 0 saturated heterocycles. The van der Waals surface area contributed by atoms with Gasteiger partial charge in [-0.25, -0.2) is 0 Å². The minimum absolute atomic E-state index is 0.829. The topological polar surface area (TPSA) is 0 Å². The average molecular weight is 170 g/mol. The summed E-state index contributed by atoms with van der Waals surface area (Å²) in [5.74, 6) is 0. The summed E-state index contributed by atoms with van der Waals surface area (Å²) in [6.45, 7) is 11.8. The van der Waals surface area contributed by atoms with E-state index in [9.17, 15) is 0 Å². The van der Waals surface area contributed by atoms with Crippen LogP contribution in [-0.4, -0.2) is 8.07 Å². The number of allylic oxidation sites excluding steroid dienone is 2. The molecule has 0 heterocycles. The molecule has 0 bridgehead atoms. The molecule has 0 aromatic carbocycles. The van der Waals surface area contributed by atoms with E-state index in [1.54, 1.807) is 5.57 Å². The third-order valence-electron chi connectivity index (χ3n) is 1.91. The predicted octanol–water partition coefficient (Wildman–Crippen LogP) is 4.07. The van der Waals surface area contributed by atoms with Crippen molar-refractivity contribution in [2.24, 2.45) is 0 Å². The molecular formula is C10H22Si. The van der Waals surface area contributed by atoms with Gasteiger partial charge in [-0.3, -0.25) is 0 Å². The lowest BCUT2D eigenvalue weighted by atomic mass is 10.1. The molecule has 66 valence electrons. The standard InChI is InChI=1S/C10H22Si/c1-6-10(7-2)8-9-11(3,4)5/h8H,6-7,9H2,1-5H3. The van der Waals surface area contributed by atoms with Crippen LogP contribution in [0.2, 0.25) is 25.7 Å². The molecule has 0 unspecified atom stereocenters. The molecule has 0 amide bonds. The second-order valence-corrected chi connectivity index (χ2v) is 9.86. The second kappa shape index (κ2) is 4.76. The molecule has 0 saturated carbocycles. The van der Waals surface area contributed by atoms with Crippen LogP contribution in [0.3, 0.4) is 0 Å². The van der Waals surface area contributed by atoms with Crippen LogP contribution in [0, 0.1) is 0 Å². The van der Waals surface area contributed by atoms with E-state index >= 15 is 0 Å². The van der Waals surface area contributed by atoms with Gasteiger partial charge in [-0.2, -0.15) is 0 Å². The van der Waals surface area contributed by atoms with Crippen molar-refractivity contribution in [2.45, 2.75) is 52.4 Å². The van der Waals surface area contributed by atoms with Crippen molar-refractivity contribution < 1.29 is 0 Å². The van der Waals surface area contributed by atoms with Gasteiger partial charge >= 0.3 is 0 Å². The van der Waals surface area contributed by atoms with E-state index in [0.717, 1.165) is 0 Å². The Morgan fingerprint density at radius 1 is 1.09 bits per heavy atom. The monoisotopic (exact) mass is 170 g/mol. The molecule has 0 fully saturated rings. The van der Waals surface area contributed by atoms with Gasteiger partial charge in [0.2, 0.25) is 0 Å². The fourth-order valence-corrected chi connectivity index (χ4v) is 1.89. The Balaban J connectivity index is 3.89. The second-order valence-electron chi connectivity index (χ2n) is 4.33. The van der Waals surface area contributed by atoms with E-state index in [2.05, 4.69) is 39.6 Å². The van der Waals surface area contributed by atoms with Crippen LogP contribution in [0.15, 0.2) is 11.6 Å². The first kappa shape index (κ1) is 11.0. The highest BCUT2D eigenvalue weighted by molar-refractivity contribution is 6.76. The Bertz CT molecular complexity index is 122. The van der Waals surface area contributed by atoms with Gasteiger partial charge in [-0.05, 0) is 18.9 Å². The molecule has 0 aliphatic heterocycles. The average Bonchev–Trinajstić information content (AvgIpc) is 1.88. The van der Waals surface area contributed by atoms with Crippen molar-refractivity contribution in [3.8, 4) is 0 Å². The molecule has 0 aromatic heterocycles. The molecule has 0 nitrogen and oxygen atoms in total. The van der Waals surface area contributed by atoms with E-state index < -0.39 is 8.07 Å². The summed E-state index contributed by atoms with van der Waals surface area (Å²) in [6.07, 6.45) is 4.94. The summed E-state index contributed by atoms with van der Waals surface area (Å²) in [5.41, 5.74) is 1.63. The normalized spacial score (nSPS) is 11.4. The van der Waals surface area contributed by atoms with Crippen LogP contribution in [-0.2, 0) is 0 Å². The van der Waals surface area contributed by atoms with Gasteiger partial charge in [-0.15, -0.1) is 0 Å². The zero-order valence-electron chi connectivity index (χ0n) is 8.70. The highest BCUT2D eigenvalue weighted by atomic mass is 28.3. The Labute approximate surface area is 72.7 Å². The van der Waals surface area contributed by atoms with E-state index in [1.807, 2.05) is 0 Å². The van der Waals surface area contributed by atoms with Crippen molar-refractivity contribution in [3.63, 3.8) is 0 Å². The summed E-state index contributed by atoms with van der Waals surface area (Å²) in [7, 11) is -0.829. The van der Waals surface area contributed by atoms with E-state index in [-0.39, 0.29) is 0 Å². The first-order chi connectivity index (χ1) is 4.99. The quantitative estimate of drug-likeness (QED) is 0.441. The van der Waals surface area contributed by atoms with E-state index in [1.165, 1.54) is 18.9 Å². The first-order valence-electron chi connectivity index (χ1n) is 4.67. The van der Waals surface area contributed by atoms with Crippen molar-refractivity contribution in [2.75, 3.05) is 0 Å². The smallest absolute Gasteiger partial charge is 0.0480 e. The Hall–Kier alpha value is -0.0431. The zero-order chi connectivity index (χ0) is 8.91. The van der Waals surface area contributed by atoms with Crippen LogP contribution in [0.1, 0.15) is 26.7 Å². The number of hydrogen-bond acceptors (Lipinski definition) is 0. The van der Waals surface area contributed by atoms with E-state index in [4.69, 9.17) is 0 Å². The minimum atomic E-state index is -0.829. The van der Waals surface area contributed by atoms with Crippen LogP contribution in [0.25, 0.3) is 0 Å². The largest absolute Gasteiger partial charge is 0.0880 e. The molecule has 0 radical (unpaired) electrons. The summed E-state index contributed by atoms with van der Waals surface area (Å²) < 4.78 is 0. The highest BCUT2D eigenvalue weighted by Gasteiger charge is 2.10. The predicted molar refractivity (Wildman–Crippen MR) is 56.8 cm³/mol. The SMILES string of the molecule is CCC(=CC[Si](C)(C)C)CC. The molecule has 11 heavy (non-hydrogen) atoms. The molecule has 0 aliphatic rings. The Morgan fingerprint density at radius 2 is 1.55 bits per heavy atom. The first-order valence-corrected chi connectivity index (χ1v) is 8.38. The lowest BCUT2D eigenvalue weighted by Gasteiger charge is -2.13. The molecule has 0 rings (SSSR count). The maximum Gasteiger partial charge on any atom is 0.0480 e. The Morgan fingerprint density at radius 3 is 1.82 bits per heavy atom. The van der Waals surface area contributed by atoms with Gasteiger partial charge in [0.05, 0.1) is 0 Å². The fourth-order valence-electron chi connectivity index (χ4n) is 0.989. The van der Waals surface area contributed by atoms with Crippen molar-refractivity contribution >= 4 is 8.07 Å². The minimum Gasteiger partial charge on any atom is -0.0880 e. The maximum atomic E-state index is 2.46. The lowest BCUT2D eigenvalue weighted by Crippen LogP contribution is -2.17. The van der Waals surface area contributed by atoms with Gasteiger partial charge in [0.15, 0.2) is 0 Å². The van der Waals surface area contributed by atoms with Gasteiger partial charge in [0.25, 0.3) is 0 Å². The molecule has 0 aromatic rings. The van der Waals surface area contributed by atoms with Gasteiger partial charge in [-0.1, -0.05) is 45.1 Å². The van der Waals surface area contributed by atoms with Gasteiger partial charge in [0, 0.05) is 8.07 Å². The van der Waals surface area contributed by atoms with Crippen LogP contribution < -0.4 is 0 Å². The summed E-state index contributed by atoms with van der Waals surface area (Å²) >= 11 is 0. The van der Waals surface area contributed by atoms with Crippen LogP contribution in [0.4, 0.5) is 0 Å². The molecule has 0 aliphatic carbocycles. The maximum absolute atomic E-state index is 2.46. The lowest BCUT2D eigenvalue weighted by molar-refractivity contribution is 0.970. The van der Waals surface area contributed by atoms with Crippen molar-refractivity contribution in [1.29, 1.82) is 0 Å². The van der Waals surface area contributed by atoms with E-state index in [0.29, 0.717) is 0 Å². The van der Waals surface area contributed by atoms with Crippen LogP contribution in [0.5, 0.6) is 0 Å². The molecule has 0 N–H and O–H groups in total. The third kappa shape index (κ3) is 6.36. The molecule has 1 heteroatoms. The van der Waals surface area contributed by atoms with Gasteiger partial charge < -0.3 is 0 Å². The summed E-state index contributed by atoms with van der Waals surface area (Å²) in [4.78, 5) is 0. The molecular weight excluding hydrogens is 148 g/mol. The van der Waals surface area contributed by atoms with Crippen LogP contribution >= 0.6 is 0 Å². The summed E-state index contributed by atoms with van der Waals surface area (Å²) in [6, 6.07) is 1.35.